The molecule has 0 saturated heterocycles. The number of nitrogens with zero attached hydrogens (tertiary/aromatic N) is 1. The highest BCUT2D eigenvalue weighted by atomic mass is 19.1. The summed E-state index contributed by atoms with van der Waals surface area (Å²) in [6.07, 6.45) is 1.15. The fourth-order valence-corrected chi connectivity index (χ4v) is 2.27. The third-order valence-corrected chi connectivity index (χ3v) is 3.30. The van der Waals surface area contributed by atoms with Crippen LogP contribution in [0.3, 0.4) is 0 Å². The van der Waals surface area contributed by atoms with E-state index in [-0.39, 0.29) is 5.39 Å². The van der Waals surface area contributed by atoms with Crippen LogP contribution < -0.4 is 5.43 Å². The number of carboxylic acid groups (broad SMARTS) is 1. The molecule has 1 aromatic heterocycles. The monoisotopic (exact) mass is 301 g/mol. The summed E-state index contributed by atoms with van der Waals surface area (Å²) in [5.41, 5.74) is -0.452. The summed E-state index contributed by atoms with van der Waals surface area (Å²) in [5, 5.41) is 9.09. The van der Waals surface area contributed by atoms with Crippen LogP contribution in [-0.2, 0) is 0 Å². The summed E-state index contributed by atoms with van der Waals surface area (Å²) in [6.45, 7) is 0. The summed E-state index contributed by atoms with van der Waals surface area (Å²) >= 11 is 0. The lowest BCUT2D eigenvalue weighted by atomic mass is 10.1. The number of pyridine rings is 1. The number of aromatic carboxylic acids is 1. The minimum absolute atomic E-state index is 0.0516. The molecule has 0 unspecified atom stereocenters. The van der Waals surface area contributed by atoms with Gasteiger partial charge in [-0.25, -0.2) is 13.6 Å². The smallest absolute Gasteiger partial charge is 0.341 e. The highest BCUT2D eigenvalue weighted by Crippen LogP contribution is 2.19. The van der Waals surface area contributed by atoms with E-state index < -0.39 is 28.6 Å². The summed E-state index contributed by atoms with van der Waals surface area (Å²) in [5.74, 6) is -2.50. The van der Waals surface area contributed by atoms with E-state index >= 15 is 0 Å². The van der Waals surface area contributed by atoms with Gasteiger partial charge < -0.3 is 9.67 Å². The predicted octanol–water partition coefficient (Wildman–Crippen LogP) is 2.97. The first-order valence-electron chi connectivity index (χ1n) is 6.31. The maximum absolute atomic E-state index is 13.4. The minimum atomic E-state index is -1.41. The second kappa shape index (κ2) is 5.07. The van der Waals surface area contributed by atoms with Crippen molar-refractivity contribution in [2.24, 2.45) is 0 Å². The molecule has 110 valence electrons. The van der Waals surface area contributed by atoms with Gasteiger partial charge in [-0.05, 0) is 42.5 Å². The van der Waals surface area contributed by atoms with E-state index in [1.165, 1.54) is 41.0 Å². The first-order chi connectivity index (χ1) is 10.5. The fraction of sp³-hybridized carbons (Fsp3) is 0. The lowest BCUT2D eigenvalue weighted by Gasteiger charge is -2.12. The Balaban J connectivity index is 2.43. The number of aromatic nitrogens is 1. The summed E-state index contributed by atoms with van der Waals surface area (Å²) in [4.78, 5) is 23.4. The van der Waals surface area contributed by atoms with Gasteiger partial charge >= 0.3 is 5.97 Å². The molecule has 1 N–H and O–H groups in total. The van der Waals surface area contributed by atoms with Crippen LogP contribution in [0.15, 0.2) is 53.5 Å². The second-order valence-electron chi connectivity index (χ2n) is 4.68. The highest BCUT2D eigenvalue weighted by molar-refractivity contribution is 5.93. The van der Waals surface area contributed by atoms with E-state index in [2.05, 4.69) is 0 Å². The largest absolute Gasteiger partial charge is 0.477 e. The van der Waals surface area contributed by atoms with Crippen molar-refractivity contribution in [3.63, 3.8) is 0 Å². The average molecular weight is 301 g/mol. The molecular weight excluding hydrogens is 292 g/mol. The van der Waals surface area contributed by atoms with Crippen molar-refractivity contribution in [2.75, 3.05) is 0 Å². The van der Waals surface area contributed by atoms with Gasteiger partial charge in [0.15, 0.2) is 0 Å². The quantitative estimate of drug-likeness (QED) is 0.791. The van der Waals surface area contributed by atoms with Gasteiger partial charge in [0.05, 0.1) is 5.52 Å². The second-order valence-corrected chi connectivity index (χ2v) is 4.68. The summed E-state index contributed by atoms with van der Waals surface area (Å²) < 4.78 is 27.8. The van der Waals surface area contributed by atoms with Gasteiger partial charge in [-0.3, -0.25) is 4.79 Å². The van der Waals surface area contributed by atoms with Crippen molar-refractivity contribution < 1.29 is 18.7 Å². The molecule has 1 heterocycles. The van der Waals surface area contributed by atoms with Gasteiger partial charge in [-0.1, -0.05) is 0 Å². The molecule has 6 heteroatoms. The molecule has 3 rings (SSSR count). The molecule has 0 aliphatic rings. The molecule has 0 radical (unpaired) electrons. The number of halogens is 2. The van der Waals surface area contributed by atoms with E-state index in [4.69, 9.17) is 5.11 Å². The van der Waals surface area contributed by atoms with Crippen molar-refractivity contribution in [2.45, 2.75) is 0 Å². The van der Waals surface area contributed by atoms with Crippen LogP contribution in [0.4, 0.5) is 8.78 Å². The first kappa shape index (κ1) is 13.9. The predicted molar refractivity (Wildman–Crippen MR) is 76.4 cm³/mol. The van der Waals surface area contributed by atoms with Gasteiger partial charge in [0, 0.05) is 17.3 Å². The van der Waals surface area contributed by atoms with Crippen LogP contribution in [0, 0.1) is 11.6 Å². The molecule has 0 bridgehead atoms. The van der Waals surface area contributed by atoms with E-state index in [9.17, 15) is 18.4 Å². The Morgan fingerprint density at radius 3 is 2.27 bits per heavy atom. The zero-order chi connectivity index (χ0) is 15.9. The molecule has 0 aliphatic heterocycles. The molecule has 0 spiro atoms. The SMILES string of the molecule is O=C(O)c1cn(-c2ccc(F)cc2)c2ccc(F)cc2c1=O. The molecular formula is C16H9F2NO3. The van der Waals surface area contributed by atoms with Crippen LogP contribution in [0.25, 0.3) is 16.6 Å². The molecule has 4 nitrogen and oxygen atoms in total. The molecule has 0 amide bonds. The molecule has 0 atom stereocenters. The molecule has 0 aliphatic carbocycles. The van der Waals surface area contributed by atoms with Crippen LogP contribution in [0.2, 0.25) is 0 Å². The van der Waals surface area contributed by atoms with E-state index in [0.717, 1.165) is 12.3 Å². The maximum atomic E-state index is 13.4. The van der Waals surface area contributed by atoms with Crippen molar-refractivity contribution in [1.82, 2.24) is 4.57 Å². The Labute approximate surface area is 122 Å². The lowest BCUT2D eigenvalue weighted by Crippen LogP contribution is -2.18. The Hall–Kier alpha value is -3.02. The number of hydrogen-bond donors (Lipinski definition) is 1. The number of carboxylic acids is 1. The van der Waals surface area contributed by atoms with Gasteiger partial charge in [-0.2, -0.15) is 0 Å². The molecule has 3 aromatic rings. The number of rotatable bonds is 2. The fourth-order valence-electron chi connectivity index (χ4n) is 2.27. The normalized spacial score (nSPS) is 10.8. The van der Waals surface area contributed by atoms with Crippen LogP contribution in [0.1, 0.15) is 10.4 Å². The number of hydrogen-bond acceptors (Lipinski definition) is 2. The van der Waals surface area contributed by atoms with Gasteiger partial charge in [-0.15, -0.1) is 0 Å². The van der Waals surface area contributed by atoms with Crippen molar-refractivity contribution in [1.29, 1.82) is 0 Å². The zero-order valence-corrected chi connectivity index (χ0v) is 11.1. The molecule has 0 saturated carbocycles. The van der Waals surface area contributed by atoms with Crippen LogP contribution in [-0.4, -0.2) is 15.6 Å². The zero-order valence-electron chi connectivity index (χ0n) is 11.1. The van der Waals surface area contributed by atoms with E-state index in [0.29, 0.717) is 11.2 Å². The molecule has 2 aromatic carbocycles. The lowest BCUT2D eigenvalue weighted by molar-refractivity contribution is 0.0695. The van der Waals surface area contributed by atoms with E-state index in [1.807, 2.05) is 0 Å². The van der Waals surface area contributed by atoms with Crippen molar-refractivity contribution >= 4 is 16.9 Å². The number of fused-ring (bicyclic) bond motifs is 1. The van der Waals surface area contributed by atoms with Gasteiger partial charge in [0.25, 0.3) is 0 Å². The number of benzene rings is 2. The van der Waals surface area contributed by atoms with Crippen LogP contribution >= 0.6 is 0 Å². The minimum Gasteiger partial charge on any atom is -0.477 e. The Bertz CT molecular complexity index is 946. The third-order valence-electron chi connectivity index (χ3n) is 3.30. The standard InChI is InChI=1S/C16H9F2NO3/c17-9-1-4-11(5-2-9)19-8-13(16(21)22)15(20)12-7-10(18)3-6-14(12)19/h1-8H,(H,21,22). The first-order valence-corrected chi connectivity index (χ1v) is 6.31. The molecule has 22 heavy (non-hydrogen) atoms. The van der Waals surface area contributed by atoms with Gasteiger partial charge in [0.1, 0.15) is 17.2 Å². The number of carbonyl (C=O) groups is 1. The highest BCUT2D eigenvalue weighted by Gasteiger charge is 2.15. The van der Waals surface area contributed by atoms with Crippen molar-refractivity contribution in [3.05, 3.63) is 76.1 Å². The van der Waals surface area contributed by atoms with Crippen LogP contribution in [0.5, 0.6) is 0 Å². The summed E-state index contributed by atoms with van der Waals surface area (Å²) in [7, 11) is 0. The third kappa shape index (κ3) is 2.24. The topological polar surface area (TPSA) is 59.3 Å². The Kier molecular flexibility index (Phi) is 3.21. The Morgan fingerprint density at radius 1 is 1.00 bits per heavy atom. The molecule has 0 fully saturated rings. The Morgan fingerprint density at radius 2 is 1.64 bits per heavy atom. The van der Waals surface area contributed by atoms with Gasteiger partial charge in [0.2, 0.25) is 5.43 Å². The maximum Gasteiger partial charge on any atom is 0.341 e. The van der Waals surface area contributed by atoms with E-state index in [1.54, 1.807) is 0 Å². The van der Waals surface area contributed by atoms with Crippen molar-refractivity contribution in [3.8, 4) is 5.69 Å². The summed E-state index contributed by atoms with van der Waals surface area (Å²) in [6, 6.07) is 8.84. The average Bonchev–Trinajstić information content (AvgIpc) is 2.49.